The molecule has 7 N–H and O–H groups in total. The Morgan fingerprint density at radius 3 is 2.09 bits per heavy atom. The molecule has 128 valence electrons. The number of hydrogen-bond acceptors (Lipinski definition) is 10. The fraction of sp³-hybridized carbons (Fsp3) is 0.909. The minimum atomic E-state index is -1.93. The van der Waals surface area contributed by atoms with Crippen LogP contribution in [0.5, 0.6) is 0 Å². The zero-order chi connectivity index (χ0) is 16.6. The predicted molar refractivity (Wildman–Crippen MR) is 63.2 cm³/mol. The van der Waals surface area contributed by atoms with Crippen LogP contribution in [0.15, 0.2) is 0 Å². The molecule has 0 saturated carbocycles. The molecule has 2 heterocycles. The molecule has 2 aliphatic heterocycles. The topological polar surface area (TPSA) is 186 Å². The van der Waals surface area contributed by atoms with Crippen molar-refractivity contribution in [3.8, 4) is 0 Å². The minimum Gasteiger partial charge on any atom is -0.479 e. The smallest absolute Gasteiger partial charge is 0.335 e. The molecule has 0 spiro atoms. The number of carboxylic acids is 1. The van der Waals surface area contributed by atoms with Crippen molar-refractivity contribution < 1.29 is 54.8 Å². The van der Waals surface area contributed by atoms with Crippen molar-refractivity contribution in [2.75, 3.05) is 6.61 Å². The first-order valence-electron chi connectivity index (χ1n) is 6.48. The third kappa shape index (κ3) is 3.08. The van der Waals surface area contributed by atoms with Gasteiger partial charge in [0.15, 0.2) is 18.7 Å². The van der Waals surface area contributed by atoms with Crippen molar-refractivity contribution in [3.05, 3.63) is 0 Å². The third-order valence-electron chi connectivity index (χ3n) is 3.60. The summed E-state index contributed by atoms with van der Waals surface area (Å²) < 4.78 is 14.7. The molecule has 22 heavy (non-hydrogen) atoms. The molecule has 2 rings (SSSR count). The summed E-state index contributed by atoms with van der Waals surface area (Å²) >= 11 is 0. The van der Waals surface area contributed by atoms with Crippen LogP contribution in [0, 0.1) is 0 Å². The van der Waals surface area contributed by atoms with Gasteiger partial charge in [0.05, 0.1) is 6.61 Å². The molecule has 0 aliphatic carbocycles. The summed E-state index contributed by atoms with van der Waals surface area (Å²) in [6, 6.07) is 0. The first-order chi connectivity index (χ1) is 10.3. The number of rotatable bonds is 4. The van der Waals surface area contributed by atoms with E-state index in [-0.39, 0.29) is 0 Å². The quantitative estimate of drug-likeness (QED) is 0.263. The van der Waals surface area contributed by atoms with Crippen molar-refractivity contribution in [1.82, 2.24) is 0 Å². The molecule has 2 aliphatic rings. The maximum atomic E-state index is 11.1. The van der Waals surface area contributed by atoms with Gasteiger partial charge in [-0.15, -0.1) is 0 Å². The minimum absolute atomic E-state index is 0.620. The van der Waals surface area contributed by atoms with E-state index in [2.05, 4.69) is 4.74 Å². The van der Waals surface area contributed by atoms with E-state index in [1.54, 1.807) is 0 Å². The van der Waals surface area contributed by atoms with E-state index >= 15 is 0 Å². The number of aliphatic hydroxyl groups excluding tert-OH is 6. The highest BCUT2D eigenvalue weighted by atomic mass is 16.7. The third-order valence-corrected chi connectivity index (χ3v) is 3.60. The SMILES string of the molecule is O=C(O)[C@H]1OC(O)[C@H](O)[C@@H](O)[C@@H]1O[C@@H]1O[C@@H](CO)[C@H](O)[C@H]1O. The second-order valence-electron chi connectivity index (χ2n) is 5.07. The van der Waals surface area contributed by atoms with Gasteiger partial charge in [-0.2, -0.15) is 0 Å². The lowest BCUT2D eigenvalue weighted by molar-refractivity contribution is -0.313. The molecule has 0 bridgehead atoms. The van der Waals surface area contributed by atoms with Gasteiger partial charge < -0.3 is 50.0 Å². The maximum absolute atomic E-state index is 11.1. The van der Waals surface area contributed by atoms with Crippen molar-refractivity contribution in [1.29, 1.82) is 0 Å². The van der Waals surface area contributed by atoms with Crippen molar-refractivity contribution in [3.63, 3.8) is 0 Å². The average molecular weight is 326 g/mol. The highest BCUT2D eigenvalue weighted by Gasteiger charge is 2.52. The first-order valence-corrected chi connectivity index (χ1v) is 6.48. The highest BCUT2D eigenvalue weighted by molar-refractivity contribution is 5.73. The molecule has 0 aromatic heterocycles. The molecule has 0 amide bonds. The second kappa shape index (κ2) is 6.70. The molecule has 9 atom stereocenters. The average Bonchev–Trinajstić information content (AvgIpc) is 2.75. The summed E-state index contributed by atoms with van der Waals surface area (Å²) in [7, 11) is 0. The molecule has 1 unspecified atom stereocenters. The van der Waals surface area contributed by atoms with E-state index in [0.29, 0.717) is 0 Å². The normalized spacial score (nSPS) is 49.3. The Morgan fingerprint density at radius 2 is 1.59 bits per heavy atom. The Morgan fingerprint density at radius 1 is 0.955 bits per heavy atom. The van der Waals surface area contributed by atoms with Crippen LogP contribution in [0.1, 0.15) is 0 Å². The number of hydrogen-bond donors (Lipinski definition) is 7. The number of carboxylic acid groups (broad SMARTS) is 1. The lowest BCUT2D eigenvalue weighted by atomic mass is 9.98. The number of ether oxygens (including phenoxy) is 3. The van der Waals surface area contributed by atoms with Crippen molar-refractivity contribution >= 4 is 5.97 Å². The van der Waals surface area contributed by atoms with Gasteiger partial charge in [0, 0.05) is 0 Å². The van der Waals surface area contributed by atoms with Crippen LogP contribution < -0.4 is 0 Å². The van der Waals surface area contributed by atoms with Crippen LogP contribution in [-0.4, -0.2) is 104 Å². The van der Waals surface area contributed by atoms with Crippen LogP contribution >= 0.6 is 0 Å². The van der Waals surface area contributed by atoms with E-state index < -0.39 is 67.9 Å². The summed E-state index contributed by atoms with van der Waals surface area (Å²) in [5, 5.41) is 65.9. The Kier molecular flexibility index (Phi) is 5.32. The van der Waals surface area contributed by atoms with E-state index in [4.69, 9.17) is 19.7 Å². The van der Waals surface area contributed by atoms with Crippen LogP contribution in [0.2, 0.25) is 0 Å². The van der Waals surface area contributed by atoms with Gasteiger partial charge in [-0.25, -0.2) is 4.79 Å². The Bertz CT molecular complexity index is 403. The Hall–Kier alpha value is -0.890. The van der Waals surface area contributed by atoms with Crippen LogP contribution in [0.4, 0.5) is 0 Å². The fourth-order valence-corrected chi connectivity index (χ4v) is 2.33. The number of carbonyl (C=O) groups is 1. The van der Waals surface area contributed by atoms with Crippen molar-refractivity contribution in [2.45, 2.75) is 55.3 Å². The zero-order valence-electron chi connectivity index (χ0n) is 11.2. The summed E-state index contributed by atoms with van der Waals surface area (Å²) in [4.78, 5) is 11.1. The lowest BCUT2D eigenvalue weighted by Gasteiger charge is -2.39. The van der Waals surface area contributed by atoms with E-state index in [1.807, 2.05) is 0 Å². The predicted octanol–water partition coefficient (Wildman–Crippen LogP) is -4.67. The summed E-state index contributed by atoms with van der Waals surface area (Å²) in [6.45, 7) is -0.620. The Balaban J connectivity index is 2.13. The van der Waals surface area contributed by atoms with E-state index in [1.165, 1.54) is 0 Å². The lowest BCUT2D eigenvalue weighted by Crippen LogP contribution is -2.61. The molecule has 0 radical (unpaired) electrons. The highest BCUT2D eigenvalue weighted by Crippen LogP contribution is 2.29. The van der Waals surface area contributed by atoms with Gasteiger partial charge in [0.25, 0.3) is 0 Å². The summed E-state index contributed by atoms with van der Waals surface area (Å²) in [5.74, 6) is -1.58. The molecule has 2 fully saturated rings. The molecule has 11 nitrogen and oxygen atoms in total. The summed E-state index contributed by atoms with van der Waals surface area (Å²) in [5.41, 5.74) is 0. The van der Waals surface area contributed by atoms with Crippen LogP contribution in [-0.2, 0) is 19.0 Å². The van der Waals surface area contributed by atoms with Gasteiger partial charge in [-0.05, 0) is 0 Å². The van der Waals surface area contributed by atoms with Crippen molar-refractivity contribution in [2.24, 2.45) is 0 Å². The fourth-order valence-electron chi connectivity index (χ4n) is 2.33. The standard InChI is InChI=1S/C11H18O11/c12-1-2-3(13)6(16)11(20-2)22-7-4(14)5(15)10(19)21-8(7)9(17)18/h2-8,10-16,19H,1H2,(H,17,18)/t2-,3-,4+,5+,6+,7-,8-,10?,11-/m0/s1. The second-order valence-corrected chi connectivity index (χ2v) is 5.07. The number of aliphatic carboxylic acids is 1. The van der Waals surface area contributed by atoms with E-state index in [0.717, 1.165) is 0 Å². The largest absolute Gasteiger partial charge is 0.479 e. The van der Waals surface area contributed by atoms with Crippen LogP contribution in [0.3, 0.4) is 0 Å². The molecule has 2 saturated heterocycles. The molecule has 11 heteroatoms. The molecular formula is C11H18O11. The van der Waals surface area contributed by atoms with Gasteiger partial charge in [0.1, 0.15) is 36.6 Å². The molecule has 0 aromatic rings. The number of aliphatic hydroxyl groups is 6. The summed E-state index contributed by atoms with van der Waals surface area (Å²) in [6.07, 6.45) is -14.9. The monoisotopic (exact) mass is 326 g/mol. The van der Waals surface area contributed by atoms with E-state index in [9.17, 15) is 30.3 Å². The molecular weight excluding hydrogens is 308 g/mol. The first kappa shape index (κ1) is 17.5. The Labute approximate surface area is 123 Å². The van der Waals surface area contributed by atoms with Gasteiger partial charge in [-0.1, -0.05) is 0 Å². The zero-order valence-corrected chi connectivity index (χ0v) is 11.2. The maximum Gasteiger partial charge on any atom is 0.335 e. The molecule has 0 aromatic carbocycles. The van der Waals surface area contributed by atoms with Gasteiger partial charge in [0.2, 0.25) is 0 Å². The van der Waals surface area contributed by atoms with Crippen LogP contribution in [0.25, 0.3) is 0 Å². The van der Waals surface area contributed by atoms with Gasteiger partial charge in [-0.3, -0.25) is 0 Å². The van der Waals surface area contributed by atoms with Gasteiger partial charge >= 0.3 is 5.97 Å².